The van der Waals surface area contributed by atoms with E-state index in [-0.39, 0.29) is 19.2 Å². The molecule has 1 aromatic rings. The number of ether oxygens (including phenoxy) is 3. The molecule has 0 aliphatic carbocycles. The van der Waals surface area contributed by atoms with E-state index in [1.807, 2.05) is 0 Å². The van der Waals surface area contributed by atoms with Gasteiger partial charge in [0.1, 0.15) is 5.25 Å². The molecule has 1 aromatic carbocycles. The van der Waals surface area contributed by atoms with Gasteiger partial charge in [-0.25, -0.2) is 0 Å². The Bertz CT molecular complexity index is 516. The SMILES string of the molecule is CCOC(=O)C(SCC(=O)O)c1ccc2c(c1)OCO2. The second-order valence-corrected chi connectivity index (χ2v) is 5.04. The van der Waals surface area contributed by atoms with Gasteiger partial charge in [-0.2, -0.15) is 0 Å². The van der Waals surface area contributed by atoms with Crippen LogP contribution in [0.2, 0.25) is 0 Å². The van der Waals surface area contributed by atoms with Gasteiger partial charge < -0.3 is 19.3 Å². The minimum absolute atomic E-state index is 0.144. The monoisotopic (exact) mass is 298 g/mol. The summed E-state index contributed by atoms with van der Waals surface area (Å²) in [7, 11) is 0. The number of thioether (sulfide) groups is 1. The third kappa shape index (κ3) is 3.36. The molecule has 1 unspecified atom stereocenters. The Kier molecular flexibility index (Phi) is 4.73. The van der Waals surface area contributed by atoms with Crippen molar-refractivity contribution in [2.75, 3.05) is 19.2 Å². The van der Waals surface area contributed by atoms with Crippen LogP contribution in [0.15, 0.2) is 18.2 Å². The molecule has 20 heavy (non-hydrogen) atoms. The average Bonchev–Trinajstić information content (AvgIpc) is 2.86. The number of carbonyl (C=O) groups excluding carboxylic acids is 1. The molecule has 0 fully saturated rings. The summed E-state index contributed by atoms with van der Waals surface area (Å²) in [5.41, 5.74) is 0.638. The summed E-state index contributed by atoms with van der Waals surface area (Å²) >= 11 is 1.01. The van der Waals surface area contributed by atoms with Gasteiger partial charge in [0.15, 0.2) is 11.5 Å². The lowest BCUT2D eigenvalue weighted by molar-refractivity contribution is -0.142. The molecule has 0 bridgehead atoms. The molecule has 0 saturated carbocycles. The van der Waals surface area contributed by atoms with E-state index in [1.165, 1.54) is 0 Å². The average molecular weight is 298 g/mol. The quantitative estimate of drug-likeness (QED) is 0.802. The highest BCUT2D eigenvalue weighted by Gasteiger charge is 2.26. The predicted molar refractivity (Wildman–Crippen MR) is 72.0 cm³/mol. The van der Waals surface area contributed by atoms with Gasteiger partial charge >= 0.3 is 11.9 Å². The first kappa shape index (κ1) is 14.5. The van der Waals surface area contributed by atoms with E-state index >= 15 is 0 Å². The van der Waals surface area contributed by atoms with Crippen molar-refractivity contribution < 1.29 is 28.9 Å². The summed E-state index contributed by atoms with van der Waals surface area (Å²) in [5.74, 6) is -0.465. The molecule has 0 radical (unpaired) electrons. The van der Waals surface area contributed by atoms with Crippen molar-refractivity contribution in [1.82, 2.24) is 0 Å². The molecule has 1 heterocycles. The Balaban J connectivity index is 2.20. The van der Waals surface area contributed by atoms with Crippen LogP contribution in [0, 0.1) is 0 Å². The molecule has 0 spiro atoms. The van der Waals surface area contributed by atoms with Crippen LogP contribution in [0.1, 0.15) is 17.7 Å². The molecule has 0 saturated heterocycles. The minimum atomic E-state index is -0.981. The Morgan fingerprint density at radius 2 is 2.15 bits per heavy atom. The zero-order valence-electron chi connectivity index (χ0n) is 10.8. The maximum absolute atomic E-state index is 11.9. The Morgan fingerprint density at radius 3 is 2.85 bits per heavy atom. The van der Waals surface area contributed by atoms with E-state index in [2.05, 4.69) is 0 Å². The van der Waals surface area contributed by atoms with E-state index < -0.39 is 17.2 Å². The van der Waals surface area contributed by atoms with Gasteiger partial charge in [-0.3, -0.25) is 9.59 Å². The van der Waals surface area contributed by atoms with Crippen LogP contribution in [0.5, 0.6) is 11.5 Å². The zero-order chi connectivity index (χ0) is 14.5. The summed E-state index contributed by atoms with van der Waals surface area (Å²) in [6.45, 7) is 2.09. The fraction of sp³-hybridized carbons (Fsp3) is 0.385. The Morgan fingerprint density at radius 1 is 1.40 bits per heavy atom. The van der Waals surface area contributed by atoms with E-state index in [0.717, 1.165) is 11.8 Å². The van der Waals surface area contributed by atoms with Crippen molar-refractivity contribution in [1.29, 1.82) is 0 Å². The second kappa shape index (κ2) is 6.51. The van der Waals surface area contributed by atoms with Gasteiger partial charge in [-0.15, -0.1) is 11.8 Å². The summed E-state index contributed by atoms with van der Waals surface area (Å²) in [6, 6.07) is 5.09. The van der Waals surface area contributed by atoms with Crippen molar-refractivity contribution in [3.8, 4) is 11.5 Å². The molecule has 0 aromatic heterocycles. The second-order valence-electron chi connectivity index (χ2n) is 3.95. The third-order valence-electron chi connectivity index (χ3n) is 2.57. The van der Waals surface area contributed by atoms with Crippen LogP contribution in [0.3, 0.4) is 0 Å². The fourth-order valence-electron chi connectivity index (χ4n) is 1.75. The molecule has 1 aliphatic heterocycles. The molecular formula is C13H14O6S. The normalized spacial score (nSPS) is 13.8. The highest BCUT2D eigenvalue weighted by molar-refractivity contribution is 8.00. The number of carboxylic acids is 1. The third-order valence-corrected chi connectivity index (χ3v) is 3.79. The maximum Gasteiger partial charge on any atom is 0.323 e. The van der Waals surface area contributed by atoms with Gasteiger partial charge in [0, 0.05) is 0 Å². The van der Waals surface area contributed by atoms with Crippen LogP contribution in [-0.2, 0) is 14.3 Å². The van der Waals surface area contributed by atoms with Crippen LogP contribution >= 0.6 is 11.8 Å². The number of rotatable bonds is 6. The van der Waals surface area contributed by atoms with Crippen molar-refractivity contribution in [2.45, 2.75) is 12.2 Å². The highest BCUT2D eigenvalue weighted by Crippen LogP contribution is 2.38. The summed E-state index contributed by atoms with van der Waals surface area (Å²) in [4.78, 5) is 22.6. The molecule has 0 amide bonds. The van der Waals surface area contributed by atoms with Crippen LogP contribution in [-0.4, -0.2) is 36.2 Å². The lowest BCUT2D eigenvalue weighted by Gasteiger charge is -2.15. The Labute approximate surface area is 120 Å². The topological polar surface area (TPSA) is 82.1 Å². The number of aliphatic carboxylic acids is 1. The predicted octanol–water partition coefficient (Wildman–Crippen LogP) is 1.84. The smallest absolute Gasteiger partial charge is 0.323 e. The van der Waals surface area contributed by atoms with Gasteiger partial charge in [-0.1, -0.05) is 6.07 Å². The largest absolute Gasteiger partial charge is 0.481 e. The summed E-state index contributed by atoms with van der Waals surface area (Å²) in [5, 5.41) is 8.06. The first-order valence-electron chi connectivity index (χ1n) is 6.01. The number of hydrogen-bond donors (Lipinski definition) is 1. The minimum Gasteiger partial charge on any atom is -0.481 e. The van der Waals surface area contributed by atoms with Gasteiger partial charge in [-0.05, 0) is 24.6 Å². The molecule has 6 nitrogen and oxygen atoms in total. The summed E-state index contributed by atoms with van der Waals surface area (Å²) < 4.78 is 15.4. The fourth-order valence-corrected chi connectivity index (χ4v) is 2.60. The van der Waals surface area contributed by atoms with Crippen molar-refractivity contribution in [2.24, 2.45) is 0 Å². The van der Waals surface area contributed by atoms with Crippen molar-refractivity contribution in [3.63, 3.8) is 0 Å². The van der Waals surface area contributed by atoms with E-state index in [9.17, 15) is 9.59 Å². The number of carboxylic acid groups (broad SMARTS) is 1. The van der Waals surface area contributed by atoms with E-state index in [1.54, 1.807) is 25.1 Å². The number of carbonyl (C=O) groups is 2. The van der Waals surface area contributed by atoms with Gasteiger partial charge in [0.25, 0.3) is 0 Å². The van der Waals surface area contributed by atoms with Crippen LogP contribution in [0.4, 0.5) is 0 Å². The molecule has 1 atom stereocenters. The molecule has 1 aliphatic rings. The number of hydrogen-bond acceptors (Lipinski definition) is 6. The molecule has 7 heteroatoms. The molecule has 108 valence electrons. The van der Waals surface area contributed by atoms with Crippen LogP contribution < -0.4 is 9.47 Å². The van der Waals surface area contributed by atoms with Crippen LogP contribution in [0.25, 0.3) is 0 Å². The summed E-state index contributed by atoms with van der Waals surface area (Å²) in [6.07, 6.45) is 0. The molecular weight excluding hydrogens is 284 g/mol. The standard InChI is InChI=1S/C13H14O6S/c1-2-17-13(16)12(20-6-11(14)15)8-3-4-9-10(5-8)19-7-18-9/h3-5,12H,2,6-7H2,1H3,(H,14,15). The van der Waals surface area contributed by atoms with E-state index in [4.69, 9.17) is 19.3 Å². The van der Waals surface area contributed by atoms with Crippen molar-refractivity contribution in [3.05, 3.63) is 23.8 Å². The number of fused-ring (bicyclic) bond motifs is 1. The maximum atomic E-state index is 11.9. The first-order chi connectivity index (χ1) is 9.61. The lowest BCUT2D eigenvalue weighted by atomic mass is 10.1. The van der Waals surface area contributed by atoms with Gasteiger partial charge in [0.2, 0.25) is 6.79 Å². The van der Waals surface area contributed by atoms with Crippen molar-refractivity contribution >= 4 is 23.7 Å². The highest BCUT2D eigenvalue weighted by atomic mass is 32.2. The first-order valence-corrected chi connectivity index (χ1v) is 7.06. The zero-order valence-corrected chi connectivity index (χ0v) is 11.6. The molecule has 2 rings (SSSR count). The lowest BCUT2D eigenvalue weighted by Crippen LogP contribution is -2.15. The number of esters is 1. The Hall–Kier alpha value is -1.89. The van der Waals surface area contributed by atoms with E-state index in [0.29, 0.717) is 17.1 Å². The number of benzene rings is 1. The van der Waals surface area contributed by atoms with Gasteiger partial charge in [0.05, 0.1) is 12.4 Å². The molecule has 1 N–H and O–H groups in total.